The number of hydrogen-bond acceptors (Lipinski definition) is 4. The van der Waals surface area contributed by atoms with Gasteiger partial charge in [-0.25, -0.2) is 14.8 Å². The Morgan fingerprint density at radius 2 is 1.90 bits per heavy atom. The molecule has 0 aliphatic heterocycles. The molecule has 0 unspecified atom stereocenters. The molecule has 0 aliphatic carbocycles. The largest absolute Gasteiger partial charge is 0.463 e. The number of carbonyl (C=O) groups excluding carboxylic acids is 1. The highest BCUT2D eigenvalue weighted by Crippen LogP contribution is 2.34. The Morgan fingerprint density at radius 3 is 2.59 bits per heavy atom. The van der Waals surface area contributed by atoms with E-state index in [9.17, 15) is 18.0 Å². The van der Waals surface area contributed by atoms with E-state index in [2.05, 4.69) is 9.97 Å². The van der Waals surface area contributed by atoms with Gasteiger partial charge in [0.1, 0.15) is 5.82 Å². The van der Waals surface area contributed by atoms with Crippen LogP contribution in [0.1, 0.15) is 30.8 Å². The fraction of sp³-hybridized carbons (Fsp3) is 0.227. The summed E-state index contributed by atoms with van der Waals surface area (Å²) in [4.78, 5) is 20.5. The lowest BCUT2D eigenvalue weighted by Crippen LogP contribution is -2.05. The van der Waals surface area contributed by atoms with Gasteiger partial charge in [-0.1, -0.05) is 18.2 Å². The molecular formula is C22H19F3N2O2. The Kier molecular flexibility index (Phi) is 5.68. The number of carbonyl (C=O) groups is 1. The highest BCUT2D eigenvalue weighted by Gasteiger charge is 2.30. The van der Waals surface area contributed by atoms with Crippen molar-refractivity contribution >= 4 is 22.4 Å². The Morgan fingerprint density at radius 1 is 1.14 bits per heavy atom. The van der Waals surface area contributed by atoms with Crippen molar-refractivity contribution in [2.45, 2.75) is 26.9 Å². The smallest absolute Gasteiger partial charge is 0.416 e. The zero-order valence-corrected chi connectivity index (χ0v) is 16.2. The first-order valence-corrected chi connectivity index (χ1v) is 9.00. The maximum absolute atomic E-state index is 13.1. The molecule has 1 heterocycles. The van der Waals surface area contributed by atoms with E-state index in [1.807, 2.05) is 0 Å². The molecule has 3 rings (SSSR count). The minimum absolute atomic E-state index is 0.271. The maximum atomic E-state index is 13.1. The van der Waals surface area contributed by atoms with Gasteiger partial charge in [-0.15, -0.1) is 0 Å². The molecule has 7 heteroatoms. The van der Waals surface area contributed by atoms with Crippen molar-refractivity contribution in [3.63, 3.8) is 0 Å². The van der Waals surface area contributed by atoms with E-state index in [0.29, 0.717) is 33.6 Å². The number of alkyl halides is 3. The molecule has 4 nitrogen and oxygen atoms in total. The maximum Gasteiger partial charge on any atom is 0.416 e. The summed E-state index contributed by atoms with van der Waals surface area (Å²) in [7, 11) is 0. The molecule has 0 amide bonds. The van der Waals surface area contributed by atoms with Gasteiger partial charge in [0.05, 0.1) is 23.4 Å². The number of hydrogen-bond donors (Lipinski definition) is 0. The molecular weight excluding hydrogens is 381 g/mol. The van der Waals surface area contributed by atoms with Gasteiger partial charge in [0, 0.05) is 17.0 Å². The summed E-state index contributed by atoms with van der Waals surface area (Å²) >= 11 is 0. The van der Waals surface area contributed by atoms with E-state index >= 15 is 0 Å². The normalized spacial score (nSPS) is 12.3. The monoisotopic (exact) mass is 400 g/mol. The van der Waals surface area contributed by atoms with Gasteiger partial charge in [-0.3, -0.25) is 0 Å². The molecule has 0 radical (unpaired) electrons. The minimum Gasteiger partial charge on any atom is -0.463 e. The first-order valence-electron chi connectivity index (χ1n) is 9.00. The van der Waals surface area contributed by atoms with Crippen LogP contribution in [0.25, 0.3) is 27.7 Å². The summed E-state index contributed by atoms with van der Waals surface area (Å²) in [6.07, 6.45) is -3.07. The summed E-state index contributed by atoms with van der Waals surface area (Å²) in [5, 5.41) is 0.601. The Labute approximate surface area is 166 Å². The molecule has 2 aromatic carbocycles. The highest BCUT2D eigenvalue weighted by atomic mass is 19.4. The van der Waals surface area contributed by atoms with Gasteiger partial charge in [0.2, 0.25) is 0 Å². The van der Waals surface area contributed by atoms with Crippen molar-refractivity contribution in [2.75, 3.05) is 6.61 Å². The molecule has 0 N–H and O–H groups in total. The van der Waals surface area contributed by atoms with E-state index in [1.165, 1.54) is 12.1 Å². The van der Waals surface area contributed by atoms with Gasteiger partial charge in [-0.2, -0.15) is 13.2 Å². The summed E-state index contributed by atoms with van der Waals surface area (Å²) in [5.74, 6) is -0.000181. The van der Waals surface area contributed by atoms with Gasteiger partial charge in [-0.05, 0) is 56.2 Å². The zero-order valence-electron chi connectivity index (χ0n) is 16.2. The molecule has 0 spiro atoms. The topological polar surface area (TPSA) is 52.1 Å². The molecule has 150 valence electrons. The number of benzene rings is 2. The SMILES string of the molecule is CCOC(=O)/C=C(\C)c1ccc2nc(C)nc(-c3cccc(C(F)(F)F)c3)c2c1. The number of rotatable bonds is 4. The highest BCUT2D eigenvalue weighted by molar-refractivity contribution is 5.96. The van der Waals surface area contributed by atoms with Crippen LogP contribution in [0.15, 0.2) is 48.5 Å². The molecule has 0 fully saturated rings. The van der Waals surface area contributed by atoms with Crippen molar-refractivity contribution in [3.05, 3.63) is 65.5 Å². The Balaban J connectivity index is 2.16. The summed E-state index contributed by atoms with van der Waals surface area (Å²) < 4.78 is 44.4. The van der Waals surface area contributed by atoms with Crippen molar-refractivity contribution < 1.29 is 22.7 Å². The molecule has 0 aliphatic rings. The predicted molar refractivity (Wildman–Crippen MR) is 105 cm³/mol. The van der Waals surface area contributed by atoms with E-state index < -0.39 is 17.7 Å². The number of aryl methyl sites for hydroxylation is 1. The second-order valence-electron chi connectivity index (χ2n) is 6.51. The van der Waals surface area contributed by atoms with Crippen LogP contribution < -0.4 is 0 Å². The quantitative estimate of drug-likeness (QED) is 0.423. The van der Waals surface area contributed by atoms with Crippen LogP contribution in [-0.4, -0.2) is 22.5 Å². The standard InChI is InChI=1S/C22H19F3N2O2/c1-4-29-20(28)10-13(2)15-8-9-19-18(12-15)21(27-14(3)26-19)16-6-5-7-17(11-16)22(23,24)25/h5-12H,4H2,1-3H3/b13-10+. The fourth-order valence-electron chi connectivity index (χ4n) is 3.00. The lowest BCUT2D eigenvalue weighted by Gasteiger charge is -2.12. The second-order valence-corrected chi connectivity index (χ2v) is 6.51. The number of halogens is 3. The molecule has 0 saturated carbocycles. The van der Waals surface area contributed by atoms with Crippen molar-refractivity contribution in [1.82, 2.24) is 9.97 Å². The van der Waals surface area contributed by atoms with E-state index in [1.54, 1.807) is 45.0 Å². The molecule has 0 atom stereocenters. The van der Waals surface area contributed by atoms with Crippen LogP contribution in [0.4, 0.5) is 13.2 Å². The van der Waals surface area contributed by atoms with Crippen molar-refractivity contribution in [3.8, 4) is 11.3 Å². The lowest BCUT2D eigenvalue weighted by atomic mass is 9.99. The van der Waals surface area contributed by atoms with E-state index in [-0.39, 0.29) is 6.61 Å². The van der Waals surface area contributed by atoms with Crippen LogP contribution in [0.3, 0.4) is 0 Å². The average molecular weight is 400 g/mol. The fourth-order valence-corrected chi connectivity index (χ4v) is 3.00. The summed E-state index contributed by atoms with van der Waals surface area (Å²) in [6.45, 7) is 5.44. The van der Waals surface area contributed by atoms with Crippen LogP contribution in [0.5, 0.6) is 0 Å². The van der Waals surface area contributed by atoms with E-state index in [0.717, 1.165) is 17.7 Å². The Bertz CT molecular complexity index is 1100. The average Bonchev–Trinajstić information content (AvgIpc) is 2.66. The molecule has 0 bridgehead atoms. The first kappa shape index (κ1) is 20.5. The third-order valence-corrected chi connectivity index (χ3v) is 4.35. The van der Waals surface area contributed by atoms with Crippen LogP contribution in [-0.2, 0) is 15.7 Å². The van der Waals surface area contributed by atoms with Gasteiger partial charge in [0.15, 0.2) is 0 Å². The molecule has 3 aromatic rings. The number of ether oxygens (including phenoxy) is 1. The van der Waals surface area contributed by atoms with Crippen LogP contribution in [0, 0.1) is 6.92 Å². The molecule has 29 heavy (non-hydrogen) atoms. The number of nitrogens with zero attached hydrogens (tertiary/aromatic N) is 2. The van der Waals surface area contributed by atoms with Gasteiger partial charge >= 0.3 is 12.1 Å². The molecule has 0 saturated heterocycles. The van der Waals surface area contributed by atoms with E-state index in [4.69, 9.17) is 4.74 Å². The predicted octanol–water partition coefficient (Wildman–Crippen LogP) is 5.59. The molecule has 1 aromatic heterocycles. The number of esters is 1. The second kappa shape index (κ2) is 8.03. The Hall–Kier alpha value is -3.22. The van der Waals surface area contributed by atoms with Gasteiger partial charge < -0.3 is 4.74 Å². The van der Waals surface area contributed by atoms with Crippen molar-refractivity contribution in [1.29, 1.82) is 0 Å². The number of allylic oxidation sites excluding steroid dienone is 1. The summed E-state index contributed by atoms with van der Waals surface area (Å²) in [6, 6.07) is 10.4. The first-order chi connectivity index (χ1) is 13.7. The lowest BCUT2D eigenvalue weighted by molar-refractivity contribution is -0.138. The van der Waals surface area contributed by atoms with Crippen molar-refractivity contribution in [2.24, 2.45) is 0 Å². The third-order valence-electron chi connectivity index (χ3n) is 4.35. The van der Waals surface area contributed by atoms with Crippen LogP contribution >= 0.6 is 0 Å². The van der Waals surface area contributed by atoms with Crippen LogP contribution in [0.2, 0.25) is 0 Å². The number of aromatic nitrogens is 2. The number of fused-ring (bicyclic) bond motifs is 1. The van der Waals surface area contributed by atoms with Gasteiger partial charge in [0.25, 0.3) is 0 Å². The minimum atomic E-state index is -4.45. The zero-order chi connectivity index (χ0) is 21.2. The third kappa shape index (κ3) is 4.62. The summed E-state index contributed by atoms with van der Waals surface area (Å²) in [5.41, 5.74) is 2.02.